The molecule has 0 aliphatic rings. The highest BCUT2D eigenvalue weighted by Crippen LogP contribution is 2.31. The molecule has 0 radical (unpaired) electrons. The van der Waals surface area contributed by atoms with E-state index >= 15 is 0 Å². The van der Waals surface area contributed by atoms with E-state index in [1.165, 1.54) is 36.9 Å². The number of nitrogens with one attached hydrogen (secondary N) is 1. The molecule has 0 aliphatic heterocycles. The van der Waals surface area contributed by atoms with E-state index in [-0.39, 0.29) is 5.69 Å². The maximum absolute atomic E-state index is 10.9. The fourth-order valence-electron chi connectivity index (χ4n) is 1.89. The molecule has 8 heteroatoms. The number of thiophene rings is 1. The lowest BCUT2D eigenvalue weighted by molar-refractivity contribution is -0.384. The normalized spacial score (nSPS) is 10.5. The Morgan fingerprint density at radius 1 is 1.33 bits per heavy atom. The average molecular weight is 302 g/mol. The van der Waals surface area contributed by atoms with Crippen LogP contribution in [0.25, 0.3) is 10.2 Å². The van der Waals surface area contributed by atoms with E-state index in [2.05, 4.69) is 15.3 Å². The molecule has 2 aromatic heterocycles. The lowest BCUT2D eigenvalue weighted by atomic mass is 10.2. The number of benzene rings is 1. The molecule has 1 N–H and O–H groups in total. The molecule has 2 heterocycles. The molecule has 0 spiro atoms. The van der Waals surface area contributed by atoms with Crippen molar-refractivity contribution < 1.29 is 9.66 Å². The van der Waals surface area contributed by atoms with Gasteiger partial charge in [-0.15, -0.1) is 11.3 Å². The van der Waals surface area contributed by atoms with Crippen LogP contribution in [0.5, 0.6) is 5.75 Å². The highest BCUT2D eigenvalue weighted by atomic mass is 32.1. The monoisotopic (exact) mass is 302 g/mol. The first-order valence-corrected chi connectivity index (χ1v) is 6.84. The van der Waals surface area contributed by atoms with Gasteiger partial charge in [0.05, 0.1) is 34.0 Å². The molecule has 0 fully saturated rings. The van der Waals surface area contributed by atoms with Crippen LogP contribution in [0.15, 0.2) is 36.0 Å². The van der Waals surface area contributed by atoms with E-state index in [0.717, 1.165) is 10.2 Å². The molecule has 0 saturated heterocycles. The van der Waals surface area contributed by atoms with Crippen molar-refractivity contribution in [1.82, 2.24) is 9.97 Å². The number of nitrogens with zero attached hydrogens (tertiary/aromatic N) is 3. The van der Waals surface area contributed by atoms with E-state index in [9.17, 15) is 10.1 Å². The number of methoxy groups -OCH3 is 1. The summed E-state index contributed by atoms with van der Waals surface area (Å²) in [5.74, 6) is 1.01. The molecule has 1 aromatic carbocycles. The van der Waals surface area contributed by atoms with Crippen molar-refractivity contribution in [2.45, 2.75) is 0 Å². The van der Waals surface area contributed by atoms with Crippen molar-refractivity contribution >= 4 is 38.7 Å². The summed E-state index contributed by atoms with van der Waals surface area (Å²) in [5, 5.41) is 15.9. The number of hydrogen-bond acceptors (Lipinski definition) is 7. The first-order valence-electron chi connectivity index (χ1n) is 5.96. The van der Waals surface area contributed by atoms with Crippen molar-refractivity contribution in [3.8, 4) is 5.75 Å². The summed E-state index contributed by atoms with van der Waals surface area (Å²) >= 11 is 1.50. The minimum atomic E-state index is -0.464. The van der Waals surface area contributed by atoms with Crippen LogP contribution < -0.4 is 10.1 Å². The van der Waals surface area contributed by atoms with Crippen LogP contribution in [0.4, 0.5) is 17.2 Å². The number of non-ortho nitro benzene ring substituents is 1. The number of aromatic nitrogens is 2. The number of rotatable bonds is 4. The number of hydrogen-bond donors (Lipinski definition) is 1. The average Bonchev–Trinajstić information content (AvgIpc) is 2.96. The zero-order chi connectivity index (χ0) is 14.8. The van der Waals surface area contributed by atoms with E-state index in [0.29, 0.717) is 17.3 Å². The number of nitro groups is 1. The second-order valence-electron chi connectivity index (χ2n) is 4.16. The van der Waals surface area contributed by atoms with Gasteiger partial charge in [0.1, 0.15) is 12.1 Å². The van der Waals surface area contributed by atoms with Crippen molar-refractivity contribution in [2.75, 3.05) is 12.4 Å². The Hall–Kier alpha value is -2.74. The SMILES string of the molecule is COc1cc(Nc2ncnc3ccsc23)cc([N+](=O)[O-])c1. The van der Waals surface area contributed by atoms with Crippen molar-refractivity contribution in [1.29, 1.82) is 0 Å². The predicted octanol–water partition coefficient (Wildman–Crippen LogP) is 3.35. The van der Waals surface area contributed by atoms with Gasteiger partial charge in [-0.2, -0.15) is 0 Å². The second-order valence-corrected chi connectivity index (χ2v) is 5.08. The molecule has 0 bridgehead atoms. The summed E-state index contributed by atoms with van der Waals surface area (Å²) < 4.78 is 5.97. The van der Waals surface area contributed by atoms with E-state index in [1.807, 2.05) is 11.4 Å². The van der Waals surface area contributed by atoms with Crippen LogP contribution in [0.3, 0.4) is 0 Å². The Labute approximate surface area is 123 Å². The molecule has 0 amide bonds. The quantitative estimate of drug-likeness (QED) is 0.587. The molecule has 0 saturated carbocycles. The van der Waals surface area contributed by atoms with Gasteiger partial charge < -0.3 is 10.1 Å². The van der Waals surface area contributed by atoms with Gasteiger partial charge >= 0.3 is 0 Å². The van der Waals surface area contributed by atoms with Crippen molar-refractivity contribution in [3.05, 3.63) is 46.1 Å². The van der Waals surface area contributed by atoms with Gasteiger partial charge in [0.2, 0.25) is 0 Å². The molecule has 0 atom stereocenters. The highest BCUT2D eigenvalue weighted by molar-refractivity contribution is 7.17. The molecule has 0 unspecified atom stereocenters. The van der Waals surface area contributed by atoms with Crippen LogP contribution in [-0.4, -0.2) is 22.0 Å². The standard InChI is InChI=1S/C13H10N4O3S/c1-20-10-5-8(4-9(6-10)17(18)19)16-13-12-11(2-3-21-12)14-7-15-13/h2-7H,1H3,(H,14,15,16). The van der Waals surface area contributed by atoms with Crippen molar-refractivity contribution in [3.63, 3.8) is 0 Å². The Morgan fingerprint density at radius 3 is 2.95 bits per heavy atom. The smallest absolute Gasteiger partial charge is 0.275 e. The zero-order valence-electron chi connectivity index (χ0n) is 10.9. The molecule has 7 nitrogen and oxygen atoms in total. The molecule has 3 aromatic rings. The van der Waals surface area contributed by atoms with Crippen LogP contribution in [0.2, 0.25) is 0 Å². The largest absolute Gasteiger partial charge is 0.496 e. The topological polar surface area (TPSA) is 90.2 Å². The van der Waals surface area contributed by atoms with Gasteiger partial charge in [-0.3, -0.25) is 10.1 Å². The fraction of sp³-hybridized carbons (Fsp3) is 0.0769. The van der Waals surface area contributed by atoms with Crippen LogP contribution in [0, 0.1) is 10.1 Å². The van der Waals surface area contributed by atoms with E-state index < -0.39 is 4.92 Å². The van der Waals surface area contributed by atoms with Crippen molar-refractivity contribution in [2.24, 2.45) is 0 Å². The van der Waals surface area contributed by atoms with Crippen LogP contribution in [-0.2, 0) is 0 Å². The first-order chi connectivity index (χ1) is 10.2. The Kier molecular flexibility index (Phi) is 3.36. The zero-order valence-corrected chi connectivity index (χ0v) is 11.8. The number of fused-ring (bicyclic) bond motifs is 1. The molecule has 0 aliphatic carbocycles. The van der Waals surface area contributed by atoms with E-state index in [1.54, 1.807) is 6.07 Å². The summed E-state index contributed by atoms with van der Waals surface area (Å²) in [4.78, 5) is 18.8. The molecule has 3 rings (SSSR count). The summed E-state index contributed by atoms with van der Waals surface area (Å²) in [6.45, 7) is 0. The lowest BCUT2D eigenvalue weighted by Gasteiger charge is -2.08. The summed E-state index contributed by atoms with van der Waals surface area (Å²) in [6.07, 6.45) is 1.45. The minimum absolute atomic E-state index is 0.0478. The number of nitro benzene ring substituents is 1. The van der Waals surface area contributed by atoms with Gasteiger partial charge in [-0.05, 0) is 11.4 Å². The van der Waals surface area contributed by atoms with Gasteiger partial charge in [0, 0.05) is 12.1 Å². The molecule has 106 valence electrons. The summed E-state index contributed by atoms with van der Waals surface area (Å²) in [6, 6.07) is 6.37. The van der Waals surface area contributed by atoms with E-state index in [4.69, 9.17) is 4.74 Å². The molecular weight excluding hydrogens is 292 g/mol. The lowest BCUT2D eigenvalue weighted by Crippen LogP contribution is -1.97. The van der Waals surface area contributed by atoms with Crippen LogP contribution in [0.1, 0.15) is 0 Å². The Balaban J connectivity index is 2.03. The summed E-state index contributed by atoms with van der Waals surface area (Å²) in [5.41, 5.74) is 1.32. The number of anilines is 2. The highest BCUT2D eigenvalue weighted by Gasteiger charge is 2.12. The third kappa shape index (κ3) is 2.61. The first kappa shape index (κ1) is 13.3. The van der Waals surface area contributed by atoms with Gasteiger partial charge in [0.25, 0.3) is 5.69 Å². The Bertz CT molecular complexity index is 818. The molecule has 21 heavy (non-hydrogen) atoms. The predicted molar refractivity (Wildman–Crippen MR) is 80.3 cm³/mol. The van der Waals surface area contributed by atoms with Gasteiger partial charge in [0.15, 0.2) is 5.82 Å². The van der Waals surface area contributed by atoms with Gasteiger partial charge in [-0.25, -0.2) is 9.97 Å². The van der Waals surface area contributed by atoms with Gasteiger partial charge in [-0.1, -0.05) is 0 Å². The maximum Gasteiger partial charge on any atom is 0.275 e. The Morgan fingerprint density at radius 2 is 2.19 bits per heavy atom. The third-order valence-electron chi connectivity index (χ3n) is 2.84. The second kappa shape index (κ2) is 5.33. The minimum Gasteiger partial charge on any atom is -0.496 e. The molecular formula is C13H10N4O3S. The van der Waals surface area contributed by atoms with Crippen LogP contribution >= 0.6 is 11.3 Å². The number of ether oxygens (including phenoxy) is 1. The summed E-state index contributed by atoms with van der Waals surface area (Å²) in [7, 11) is 1.46. The maximum atomic E-state index is 10.9. The fourth-order valence-corrected chi connectivity index (χ4v) is 2.68. The third-order valence-corrected chi connectivity index (χ3v) is 3.75.